The quantitative estimate of drug-likeness (QED) is 0.607. The van der Waals surface area contributed by atoms with E-state index in [1.54, 1.807) is 4.91 Å². The number of allylic oxidation sites excluding steroid dienone is 2. The molecule has 0 aromatic carbocycles. The standard InChI is InChI=1S/C10H22SSi/c1-8(2)10(9(3)4)11-12(5,6)7/h8H,1-7H3. The van der Waals surface area contributed by atoms with E-state index in [0.29, 0.717) is 5.92 Å². The number of hydrogen-bond donors (Lipinski definition) is 0. The monoisotopic (exact) mass is 202 g/mol. The van der Waals surface area contributed by atoms with Crippen LogP contribution in [-0.4, -0.2) is 7.22 Å². The molecule has 0 saturated carbocycles. The average molecular weight is 202 g/mol. The van der Waals surface area contributed by atoms with Gasteiger partial charge in [-0.1, -0.05) is 39.1 Å². The zero-order valence-corrected chi connectivity index (χ0v) is 11.3. The van der Waals surface area contributed by atoms with E-state index in [2.05, 4.69) is 58.5 Å². The molecule has 0 saturated heterocycles. The first-order valence-corrected chi connectivity index (χ1v) is 9.64. The van der Waals surface area contributed by atoms with Crippen molar-refractivity contribution in [2.45, 2.75) is 47.3 Å². The molecule has 0 radical (unpaired) electrons. The Hall–Kier alpha value is 0.307. The molecular weight excluding hydrogens is 180 g/mol. The van der Waals surface area contributed by atoms with Crippen molar-refractivity contribution in [1.29, 1.82) is 0 Å². The largest absolute Gasteiger partial charge is 0.156 e. The van der Waals surface area contributed by atoms with E-state index in [9.17, 15) is 0 Å². The maximum atomic E-state index is 2.41. The molecule has 0 aliphatic carbocycles. The van der Waals surface area contributed by atoms with Crippen LogP contribution >= 0.6 is 11.2 Å². The van der Waals surface area contributed by atoms with Crippen LogP contribution in [0.15, 0.2) is 10.5 Å². The topological polar surface area (TPSA) is 0 Å². The SMILES string of the molecule is CC(C)=C(S[Si](C)(C)C)C(C)C. The fourth-order valence-electron chi connectivity index (χ4n) is 1.13. The van der Waals surface area contributed by atoms with E-state index >= 15 is 0 Å². The molecule has 0 amide bonds. The second kappa shape index (κ2) is 4.52. The molecule has 0 N–H and O–H groups in total. The molecule has 0 aliphatic heterocycles. The lowest BCUT2D eigenvalue weighted by Gasteiger charge is -2.22. The molecule has 72 valence electrons. The predicted molar refractivity (Wildman–Crippen MR) is 64.1 cm³/mol. The van der Waals surface area contributed by atoms with Crippen LogP contribution in [0.1, 0.15) is 27.7 Å². The molecular formula is C10H22SSi. The summed E-state index contributed by atoms with van der Waals surface area (Å²) in [6, 6.07) is 0. The van der Waals surface area contributed by atoms with E-state index in [4.69, 9.17) is 0 Å². The highest BCUT2D eigenvalue weighted by atomic mass is 32.4. The van der Waals surface area contributed by atoms with Crippen LogP contribution < -0.4 is 0 Å². The molecule has 0 heterocycles. The van der Waals surface area contributed by atoms with Crippen LogP contribution in [0, 0.1) is 5.92 Å². The van der Waals surface area contributed by atoms with Crippen LogP contribution in [-0.2, 0) is 0 Å². The van der Waals surface area contributed by atoms with Gasteiger partial charge in [0.15, 0.2) is 0 Å². The van der Waals surface area contributed by atoms with Gasteiger partial charge in [-0.2, -0.15) is 11.2 Å². The molecule has 0 bridgehead atoms. The second-order valence-corrected chi connectivity index (χ2v) is 13.9. The van der Waals surface area contributed by atoms with Crippen LogP contribution in [0.5, 0.6) is 0 Å². The van der Waals surface area contributed by atoms with Crippen molar-refractivity contribution >= 4 is 18.4 Å². The lowest BCUT2D eigenvalue weighted by atomic mass is 10.1. The molecule has 0 fully saturated rings. The van der Waals surface area contributed by atoms with Gasteiger partial charge >= 0.3 is 0 Å². The summed E-state index contributed by atoms with van der Waals surface area (Å²) >= 11 is 2.14. The third kappa shape index (κ3) is 5.04. The molecule has 0 spiro atoms. The number of hydrogen-bond acceptors (Lipinski definition) is 1. The van der Waals surface area contributed by atoms with Crippen molar-refractivity contribution in [2.24, 2.45) is 5.92 Å². The van der Waals surface area contributed by atoms with E-state index < -0.39 is 7.22 Å². The van der Waals surface area contributed by atoms with Gasteiger partial charge in [-0.15, -0.1) is 0 Å². The molecule has 0 atom stereocenters. The lowest BCUT2D eigenvalue weighted by molar-refractivity contribution is 0.807. The Bertz CT molecular complexity index is 171. The summed E-state index contributed by atoms with van der Waals surface area (Å²) in [7, 11) is -0.987. The maximum Gasteiger partial charge on any atom is 0.114 e. The van der Waals surface area contributed by atoms with Gasteiger partial charge in [0.1, 0.15) is 7.22 Å². The second-order valence-electron chi connectivity index (χ2n) is 4.73. The van der Waals surface area contributed by atoms with Crippen LogP contribution in [0.4, 0.5) is 0 Å². The molecule has 12 heavy (non-hydrogen) atoms. The Morgan fingerprint density at radius 1 is 1.08 bits per heavy atom. The summed E-state index contributed by atoms with van der Waals surface area (Å²) in [5.74, 6) is 0.701. The first-order chi connectivity index (χ1) is 5.24. The van der Waals surface area contributed by atoms with E-state index in [1.807, 2.05) is 0 Å². The van der Waals surface area contributed by atoms with E-state index in [0.717, 1.165) is 0 Å². The zero-order valence-electron chi connectivity index (χ0n) is 9.49. The Labute approximate surface area is 82.5 Å². The fraction of sp³-hybridized carbons (Fsp3) is 0.800. The van der Waals surface area contributed by atoms with Crippen LogP contribution in [0.3, 0.4) is 0 Å². The van der Waals surface area contributed by atoms with Crippen molar-refractivity contribution in [1.82, 2.24) is 0 Å². The van der Waals surface area contributed by atoms with Gasteiger partial charge in [0.25, 0.3) is 0 Å². The van der Waals surface area contributed by atoms with Gasteiger partial charge in [0.05, 0.1) is 0 Å². The minimum absolute atomic E-state index is 0.701. The van der Waals surface area contributed by atoms with Crippen molar-refractivity contribution in [2.75, 3.05) is 0 Å². The van der Waals surface area contributed by atoms with Gasteiger partial charge in [0.2, 0.25) is 0 Å². The summed E-state index contributed by atoms with van der Waals surface area (Å²) in [6.45, 7) is 16.2. The highest BCUT2D eigenvalue weighted by molar-refractivity contribution is 8.31. The van der Waals surface area contributed by atoms with Gasteiger partial charge in [-0.3, -0.25) is 0 Å². The normalized spacial score (nSPS) is 12.0. The van der Waals surface area contributed by atoms with Gasteiger partial charge < -0.3 is 0 Å². The molecule has 0 nitrogen and oxygen atoms in total. The average Bonchev–Trinajstić information content (AvgIpc) is 1.79. The highest BCUT2D eigenvalue weighted by Gasteiger charge is 2.18. The zero-order chi connectivity index (χ0) is 9.94. The van der Waals surface area contributed by atoms with E-state index in [1.165, 1.54) is 5.57 Å². The first kappa shape index (κ1) is 12.3. The summed E-state index contributed by atoms with van der Waals surface area (Å²) in [5, 5.41) is 0. The molecule has 0 aromatic heterocycles. The Kier molecular flexibility index (Phi) is 4.63. The third-order valence-electron chi connectivity index (χ3n) is 1.43. The van der Waals surface area contributed by atoms with Crippen LogP contribution in [0.25, 0.3) is 0 Å². The van der Waals surface area contributed by atoms with Crippen LogP contribution in [0.2, 0.25) is 19.6 Å². The molecule has 2 heteroatoms. The molecule has 0 aromatic rings. The minimum Gasteiger partial charge on any atom is -0.156 e. The Balaban J connectivity index is 4.49. The summed E-state index contributed by atoms with van der Waals surface area (Å²) in [5.41, 5.74) is 1.50. The molecule has 0 unspecified atom stereocenters. The smallest absolute Gasteiger partial charge is 0.114 e. The molecule has 0 aliphatic rings. The number of rotatable bonds is 3. The minimum atomic E-state index is -0.987. The molecule has 0 rings (SSSR count). The van der Waals surface area contributed by atoms with E-state index in [-0.39, 0.29) is 0 Å². The van der Waals surface area contributed by atoms with Gasteiger partial charge in [0, 0.05) is 0 Å². The van der Waals surface area contributed by atoms with Crippen molar-refractivity contribution in [3.63, 3.8) is 0 Å². The summed E-state index contributed by atoms with van der Waals surface area (Å²) in [6.07, 6.45) is 0. The Morgan fingerprint density at radius 2 is 1.50 bits per heavy atom. The van der Waals surface area contributed by atoms with Gasteiger partial charge in [-0.25, -0.2) is 0 Å². The van der Waals surface area contributed by atoms with Crippen molar-refractivity contribution in [3.05, 3.63) is 10.5 Å². The maximum absolute atomic E-state index is 2.41. The Morgan fingerprint density at radius 3 is 1.58 bits per heavy atom. The van der Waals surface area contributed by atoms with Gasteiger partial charge in [-0.05, 0) is 24.7 Å². The predicted octanol–water partition coefficient (Wildman–Crippen LogP) is 4.50. The van der Waals surface area contributed by atoms with Crippen molar-refractivity contribution in [3.8, 4) is 0 Å². The third-order valence-corrected chi connectivity index (χ3v) is 5.64. The summed E-state index contributed by atoms with van der Waals surface area (Å²) < 4.78 is 0. The first-order valence-electron chi connectivity index (χ1n) is 4.60. The highest BCUT2D eigenvalue weighted by Crippen LogP contribution is 2.34. The van der Waals surface area contributed by atoms with Crippen molar-refractivity contribution < 1.29 is 0 Å². The summed E-state index contributed by atoms with van der Waals surface area (Å²) in [4.78, 5) is 1.61. The lowest BCUT2D eigenvalue weighted by Crippen LogP contribution is -2.15. The fourth-order valence-corrected chi connectivity index (χ4v) is 5.53.